The largest absolute Gasteiger partial charge is 0.398 e. The lowest BCUT2D eigenvalue weighted by Crippen LogP contribution is -2.03. The van der Waals surface area contributed by atoms with Crippen molar-refractivity contribution in [2.24, 2.45) is 0 Å². The van der Waals surface area contributed by atoms with Crippen LogP contribution in [0.15, 0.2) is 45.3 Å². The van der Waals surface area contributed by atoms with Gasteiger partial charge in [-0.25, -0.2) is 0 Å². The Morgan fingerprint density at radius 1 is 1.05 bits per heavy atom. The molecule has 0 saturated carbocycles. The Balaban J connectivity index is 2.25. The fourth-order valence-electron chi connectivity index (χ4n) is 2.09. The SMILES string of the molecule is Cc1c(N)cccc1-c1nnnn1-c1c(Br)cccc1Br. The van der Waals surface area contributed by atoms with E-state index in [1.165, 1.54) is 0 Å². The molecule has 0 unspecified atom stereocenters. The highest BCUT2D eigenvalue weighted by Crippen LogP contribution is 2.32. The van der Waals surface area contributed by atoms with Gasteiger partial charge in [0.05, 0.1) is 5.69 Å². The second-order valence-corrected chi connectivity index (χ2v) is 6.21. The maximum Gasteiger partial charge on any atom is 0.187 e. The summed E-state index contributed by atoms with van der Waals surface area (Å²) in [4.78, 5) is 0. The Bertz CT molecular complexity index is 793. The number of para-hydroxylation sites is 1. The van der Waals surface area contributed by atoms with E-state index >= 15 is 0 Å². The van der Waals surface area contributed by atoms with Gasteiger partial charge in [-0.1, -0.05) is 18.2 Å². The Hall–Kier alpha value is -1.73. The van der Waals surface area contributed by atoms with E-state index in [2.05, 4.69) is 47.4 Å². The summed E-state index contributed by atoms with van der Waals surface area (Å²) < 4.78 is 3.48. The molecule has 1 aromatic heterocycles. The summed E-state index contributed by atoms with van der Waals surface area (Å²) in [7, 11) is 0. The maximum atomic E-state index is 5.98. The average molecular weight is 409 g/mol. The van der Waals surface area contributed by atoms with E-state index in [9.17, 15) is 0 Å². The summed E-state index contributed by atoms with van der Waals surface area (Å²) in [5.74, 6) is 0.646. The zero-order valence-corrected chi connectivity index (χ0v) is 14.3. The molecule has 3 rings (SSSR count). The van der Waals surface area contributed by atoms with Crippen molar-refractivity contribution in [1.29, 1.82) is 0 Å². The van der Waals surface area contributed by atoms with E-state index in [1.54, 1.807) is 4.68 Å². The van der Waals surface area contributed by atoms with Gasteiger partial charge in [-0.2, -0.15) is 4.68 Å². The molecule has 0 spiro atoms. The molecule has 21 heavy (non-hydrogen) atoms. The van der Waals surface area contributed by atoms with Crippen molar-refractivity contribution in [1.82, 2.24) is 20.2 Å². The number of halogens is 2. The quantitative estimate of drug-likeness (QED) is 0.655. The number of nitrogen functional groups attached to an aromatic ring is 1. The van der Waals surface area contributed by atoms with E-state index in [1.807, 2.05) is 43.3 Å². The molecule has 2 aromatic carbocycles. The molecule has 0 fully saturated rings. The lowest BCUT2D eigenvalue weighted by molar-refractivity contribution is 0.786. The number of anilines is 1. The Labute approximate surface area is 138 Å². The van der Waals surface area contributed by atoms with Gasteiger partial charge in [-0.05, 0) is 73.0 Å². The zero-order chi connectivity index (χ0) is 15.0. The molecule has 106 valence electrons. The van der Waals surface area contributed by atoms with Crippen LogP contribution in [0.4, 0.5) is 5.69 Å². The van der Waals surface area contributed by atoms with Crippen LogP contribution >= 0.6 is 31.9 Å². The third-order valence-corrected chi connectivity index (χ3v) is 4.52. The molecular weight excluding hydrogens is 398 g/mol. The highest BCUT2D eigenvalue weighted by molar-refractivity contribution is 9.11. The molecule has 5 nitrogen and oxygen atoms in total. The molecule has 0 aliphatic rings. The van der Waals surface area contributed by atoms with Gasteiger partial charge in [-0.15, -0.1) is 5.10 Å². The van der Waals surface area contributed by atoms with Crippen molar-refractivity contribution >= 4 is 37.5 Å². The number of rotatable bonds is 2. The van der Waals surface area contributed by atoms with Gasteiger partial charge in [0.25, 0.3) is 0 Å². The first kappa shape index (κ1) is 14.2. The van der Waals surface area contributed by atoms with Crippen LogP contribution < -0.4 is 5.73 Å². The van der Waals surface area contributed by atoms with Crippen LogP contribution in [0.1, 0.15) is 5.56 Å². The maximum absolute atomic E-state index is 5.98. The Kier molecular flexibility index (Phi) is 3.77. The van der Waals surface area contributed by atoms with Crippen LogP contribution in [0.3, 0.4) is 0 Å². The predicted octanol–water partition coefficient (Wildman–Crippen LogP) is 3.74. The molecule has 0 atom stereocenters. The highest BCUT2D eigenvalue weighted by atomic mass is 79.9. The van der Waals surface area contributed by atoms with Gasteiger partial charge in [0.2, 0.25) is 0 Å². The fourth-order valence-corrected chi connectivity index (χ4v) is 3.43. The number of hydrogen-bond donors (Lipinski definition) is 1. The summed E-state index contributed by atoms with van der Waals surface area (Å²) in [6.07, 6.45) is 0. The third kappa shape index (κ3) is 2.47. The van der Waals surface area contributed by atoms with Crippen LogP contribution in [0.25, 0.3) is 17.1 Å². The van der Waals surface area contributed by atoms with Crippen molar-refractivity contribution < 1.29 is 0 Å². The van der Waals surface area contributed by atoms with Gasteiger partial charge in [0, 0.05) is 20.2 Å². The molecule has 0 aliphatic heterocycles. The van der Waals surface area contributed by atoms with Crippen molar-refractivity contribution in [3.63, 3.8) is 0 Å². The molecule has 0 aliphatic carbocycles. The average Bonchev–Trinajstić information content (AvgIpc) is 2.91. The number of hydrogen-bond acceptors (Lipinski definition) is 4. The van der Waals surface area contributed by atoms with Crippen molar-refractivity contribution in [3.8, 4) is 17.1 Å². The molecule has 0 radical (unpaired) electrons. The number of benzene rings is 2. The molecule has 1 heterocycles. The smallest absolute Gasteiger partial charge is 0.187 e. The highest BCUT2D eigenvalue weighted by Gasteiger charge is 2.17. The van der Waals surface area contributed by atoms with Crippen molar-refractivity contribution in [2.75, 3.05) is 5.73 Å². The molecule has 0 saturated heterocycles. The Morgan fingerprint density at radius 2 is 1.71 bits per heavy atom. The molecule has 0 bridgehead atoms. The van der Waals surface area contributed by atoms with E-state index in [0.717, 1.165) is 25.8 Å². The van der Waals surface area contributed by atoms with Crippen LogP contribution in [-0.4, -0.2) is 20.2 Å². The molecular formula is C14H11Br2N5. The summed E-state index contributed by atoms with van der Waals surface area (Å²) in [5, 5.41) is 12.1. The summed E-state index contributed by atoms with van der Waals surface area (Å²) >= 11 is 7.07. The lowest BCUT2D eigenvalue weighted by Gasteiger charge is -2.11. The summed E-state index contributed by atoms with van der Waals surface area (Å²) in [6, 6.07) is 11.5. The van der Waals surface area contributed by atoms with Gasteiger partial charge in [0.15, 0.2) is 5.82 Å². The monoisotopic (exact) mass is 407 g/mol. The molecule has 3 aromatic rings. The van der Waals surface area contributed by atoms with Crippen LogP contribution in [0.2, 0.25) is 0 Å². The third-order valence-electron chi connectivity index (χ3n) is 3.24. The second kappa shape index (κ2) is 5.57. The van der Waals surface area contributed by atoms with E-state index in [4.69, 9.17) is 5.73 Å². The second-order valence-electron chi connectivity index (χ2n) is 4.50. The van der Waals surface area contributed by atoms with Crippen molar-refractivity contribution in [3.05, 3.63) is 50.9 Å². The van der Waals surface area contributed by atoms with Crippen molar-refractivity contribution in [2.45, 2.75) is 6.92 Å². The number of nitrogens with two attached hydrogens (primary N) is 1. The standard InChI is InChI=1S/C14H11Br2N5/c1-8-9(4-2-7-12(8)17)14-18-19-20-21(14)13-10(15)5-3-6-11(13)16/h2-7H,17H2,1H3. The minimum Gasteiger partial charge on any atom is -0.398 e. The molecule has 2 N–H and O–H groups in total. The Morgan fingerprint density at radius 3 is 2.43 bits per heavy atom. The van der Waals surface area contributed by atoms with E-state index < -0.39 is 0 Å². The van der Waals surface area contributed by atoms with Crippen LogP contribution in [-0.2, 0) is 0 Å². The van der Waals surface area contributed by atoms with Crippen LogP contribution in [0.5, 0.6) is 0 Å². The number of aromatic nitrogens is 4. The zero-order valence-electron chi connectivity index (χ0n) is 11.1. The number of nitrogens with zero attached hydrogens (tertiary/aromatic N) is 4. The van der Waals surface area contributed by atoms with E-state index in [0.29, 0.717) is 11.5 Å². The van der Waals surface area contributed by atoms with Gasteiger partial charge < -0.3 is 5.73 Å². The molecule has 0 amide bonds. The molecule has 7 heteroatoms. The minimum absolute atomic E-state index is 0.646. The van der Waals surface area contributed by atoms with Gasteiger partial charge in [0.1, 0.15) is 0 Å². The predicted molar refractivity (Wildman–Crippen MR) is 89.1 cm³/mol. The topological polar surface area (TPSA) is 69.6 Å². The number of tetrazole rings is 1. The van der Waals surface area contributed by atoms with Crippen LogP contribution in [0, 0.1) is 6.92 Å². The fraction of sp³-hybridized carbons (Fsp3) is 0.0714. The lowest BCUT2D eigenvalue weighted by atomic mass is 10.1. The van der Waals surface area contributed by atoms with Gasteiger partial charge >= 0.3 is 0 Å². The van der Waals surface area contributed by atoms with E-state index in [-0.39, 0.29) is 0 Å². The summed E-state index contributed by atoms with van der Waals surface area (Å²) in [6.45, 7) is 1.96. The van der Waals surface area contributed by atoms with Gasteiger partial charge in [-0.3, -0.25) is 0 Å². The summed E-state index contributed by atoms with van der Waals surface area (Å²) in [5.41, 5.74) is 9.40. The normalized spacial score (nSPS) is 10.8. The first-order valence-electron chi connectivity index (χ1n) is 6.18. The first-order valence-corrected chi connectivity index (χ1v) is 7.76. The minimum atomic E-state index is 0.646. The first-order chi connectivity index (χ1) is 10.1.